The standard InChI is InChI=1S/C18H17N3O2/c1-10-7-13-16(22)12-8-14(11-5-3-2-4-6-11)20-9-15(12)23-18(13)21-17(10)19/h5,7-9H,2-4,6H2,1H3,(H2,19,21). The van der Waals surface area contributed by atoms with Gasteiger partial charge in [-0.3, -0.25) is 9.78 Å². The van der Waals surface area contributed by atoms with Crippen LogP contribution in [0, 0.1) is 6.92 Å². The van der Waals surface area contributed by atoms with E-state index in [1.807, 2.05) is 13.0 Å². The van der Waals surface area contributed by atoms with Gasteiger partial charge in [0.25, 0.3) is 0 Å². The quantitative estimate of drug-likeness (QED) is 0.695. The van der Waals surface area contributed by atoms with Crippen LogP contribution >= 0.6 is 0 Å². The van der Waals surface area contributed by atoms with Gasteiger partial charge in [0.05, 0.1) is 22.7 Å². The first-order valence-electron chi connectivity index (χ1n) is 7.82. The summed E-state index contributed by atoms with van der Waals surface area (Å²) in [7, 11) is 0. The van der Waals surface area contributed by atoms with Crippen LogP contribution in [0.5, 0.6) is 0 Å². The van der Waals surface area contributed by atoms with Gasteiger partial charge in [0.15, 0.2) is 5.58 Å². The van der Waals surface area contributed by atoms with Gasteiger partial charge in [-0.05, 0) is 55.9 Å². The summed E-state index contributed by atoms with van der Waals surface area (Å²) < 4.78 is 5.73. The highest BCUT2D eigenvalue weighted by molar-refractivity contribution is 5.90. The molecule has 0 spiro atoms. The van der Waals surface area contributed by atoms with Crippen LogP contribution in [-0.2, 0) is 0 Å². The molecule has 0 radical (unpaired) electrons. The predicted octanol–water partition coefficient (Wildman–Crippen LogP) is 3.58. The second kappa shape index (κ2) is 5.19. The van der Waals surface area contributed by atoms with E-state index in [1.165, 1.54) is 18.4 Å². The molecule has 0 atom stereocenters. The summed E-state index contributed by atoms with van der Waals surface area (Å²) in [6, 6.07) is 3.58. The molecule has 0 saturated heterocycles. The smallest absolute Gasteiger partial charge is 0.232 e. The molecule has 3 heterocycles. The second-order valence-corrected chi connectivity index (χ2v) is 6.02. The van der Waals surface area contributed by atoms with Gasteiger partial charge in [-0.15, -0.1) is 0 Å². The van der Waals surface area contributed by atoms with E-state index < -0.39 is 0 Å². The van der Waals surface area contributed by atoms with Crippen molar-refractivity contribution >= 4 is 33.5 Å². The molecular formula is C18H17N3O2. The van der Waals surface area contributed by atoms with E-state index in [9.17, 15) is 4.79 Å². The lowest BCUT2D eigenvalue weighted by Crippen LogP contribution is -2.06. The van der Waals surface area contributed by atoms with Crippen molar-refractivity contribution in [3.8, 4) is 0 Å². The zero-order valence-corrected chi connectivity index (χ0v) is 12.9. The molecule has 116 valence electrons. The van der Waals surface area contributed by atoms with Crippen LogP contribution in [0.1, 0.15) is 36.9 Å². The number of aromatic nitrogens is 2. The third-order valence-corrected chi connectivity index (χ3v) is 4.40. The van der Waals surface area contributed by atoms with Crippen molar-refractivity contribution in [2.24, 2.45) is 0 Å². The summed E-state index contributed by atoms with van der Waals surface area (Å²) in [5.74, 6) is 0.372. The van der Waals surface area contributed by atoms with Gasteiger partial charge in [-0.2, -0.15) is 4.98 Å². The molecule has 3 aromatic rings. The Morgan fingerprint density at radius 3 is 2.87 bits per heavy atom. The van der Waals surface area contributed by atoms with Gasteiger partial charge in [-0.1, -0.05) is 6.08 Å². The average Bonchev–Trinajstić information content (AvgIpc) is 2.58. The number of pyridine rings is 2. The van der Waals surface area contributed by atoms with Gasteiger partial charge in [0.2, 0.25) is 11.1 Å². The van der Waals surface area contributed by atoms with E-state index in [0.717, 1.165) is 24.1 Å². The Kier molecular flexibility index (Phi) is 3.15. The van der Waals surface area contributed by atoms with Crippen molar-refractivity contribution in [1.29, 1.82) is 0 Å². The zero-order valence-electron chi connectivity index (χ0n) is 12.9. The Morgan fingerprint density at radius 2 is 2.09 bits per heavy atom. The number of fused-ring (bicyclic) bond motifs is 2. The number of aryl methyl sites for hydroxylation is 1. The molecule has 0 unspecified atom stereocenters. The van der Waals surface area contributed by atoms with Crippen LogP contribution in [-0.4, -0.2) is 9.97 Å². The van der Waals surface area contributed by atoms with Crippen molar-refractivity contribution in [3.63, 3.8) is 0 Å². The highest BCUT2D eigenvalue weighted by atomic mass is 16.3. The summed E-state index contributed by atoms with van der Waals surface area (Å²) >= 11 is 0. The van der Waals surface area contributed by atoms with E-state index in [4.69, 9.17) is 10.2 Å². The average molecular weight is 307 g/mol. The largest absolute Gasteiger partial charge is 0.436 e. The van der Waals surface area contributed by atoms with E-state index in [0.29, 0.717) is 22.2 Å². The zero-order chi connectivity index (χ0) is 16.0. The van der Waals surface area contributed by atoms with Gasteiger partial charge in [0.1, 0.15) is 5.82 Å². The minimum Gasteiger partial charge on any atom is -0.436 e. The second-order valence-electron chi connectivity index (χ2n) is 6.02. The molecule has 0 saturated carbocycles. The van der Waals surface area contributed by atoms with E-state index in [1.54, 1.807) is 12.3 Å². The number of hydrogen-bond donors (Lipinski definition) is 1. The highest BCUT2D eigenvalue weighted by Crippen LogP contribution is 2.27. The lowest BCUT2D eigenvalue weighted by Gasteiger charge is -2.12. The fourth-order valence-corrected chi connectivity index (χ4v) is 3.05. The van der Waals surface area contributed by atoms with Crippen LogP contribution < -0.4 is 11.2 Å². The Labute approximate surface area is 132 Å². The lowest BCUT2D eigenvalue weighted by molar-refractivity contribution is 0.643. The molecular weight excluding hydrogens is 290 g/mol. The first-order chi connectivity index (χ1) is 11.1. The highest BCUT2D eigenvalue weighted by Gasteiger charge is 2.14. The number of hydrogen-bond acceptors (Lipinski definition) is 5. The van der Waals surface area contributed by atoms with Crippen molar-refractivity contribution in [2.45, 2.75) is 32.6 Å². The number of nitrogens with two attached hydrogens (primary N) is 1. The lowest BCUT2D eigenvalue weighted by atomic mass is 9.96. The molecule has 2 N–H and O–H groups in total. The maximum atomic E-state index is 12.8. The molecule has 4 rings (SSSR count). The minimum atomic E-state index is -0.0862. The molecule has 0 amide bonds. The van der Waals surface area contributed by atoms with Gasteiger partial charge in [0, 0.05) is 0 Å². The van der Waals surface area contributed by atoms with Crippen LogP contribution in [0.4, 0.5) is 5.82 Å². The first kappa shape index (κ1) is 13.9. The van der Waals surface area contributed by atoms with Crippen LogP contribution in [0.3, 0.4) is 0 Å². The van der Waals surface area contributed by atoms with Crippen LogP contribution in [0.25, 0.3) is 27.6 Å². The molecule has 0 bridgehead atoms. The molecule has 0 aromatic carbocycles. The van der Waals surface area contributed by atoms with Crippen molar-refractivity contribution in [1.82, 2.24) is 9.97 Å². The number of allylic oxidation sites excluding steroid dienone is 2. The van der Waals surface area contributed by atoms with E-state index in [-0.39, 0.29) is 11.1 Å². The number of rotatable bonds is 1. The van der Waals surface area contributed by atoms with Gasteiger partial charge >= 0.3 is 0 Å². The SMILES string of the molecule is Cc1cc2c(=O)c3cc(C4=CCCCC4)ncc3oc2nc1N. The molecule has 5 nitrogen and oxygen atoms in total. The van der Waals surface area contributed by atoms with Gasteiger partial charge < -0.3 is 10.2 Å². The molecule has 5 heteroatoms. The fourth-order valence-electron chi connectivity index (χ4n) is 3.05. The first-order valence-corrected chi connectivity index (χ1v) is 7.82. The number of nitrogen functional groups attached to an aromatic ring is 1. The number of anilines is 1. The topological polar surface area (TPSA) is 82.0 Å². The summed E-state index contributed by atoms with van der Waals surface area (Å²) in [5, 5.41) is 0.999. The van der Waals surface area contributed by atoms with Crippen LogP contribution in [0.2, 0.25) is 0 Å². The number of nitrogens with zero attached hydrogens (tertiary/aromatic N) is 2. The molecule has 0 aliphatic heterocycles. The predicted molar refractivity (Wildman–Crippen MR) is 91.2 cm³/mol. The fraction of sp³-hybridized carbons (Fsp3) is 0.278. The van der Waals surface area contributed by atoms with E-state index >= 15 is 0 Å². The maximum Gasteiger partial charge on any atom is 0.232 e. The Bertz CT molecular complexity index is 1020. The maximum absolute atomic E-state index is 12.8. The summed E-state index contributed by atoms with van der Waals surface area (Å²) in [6.07, 6.45) is 8.29. The van der Waals surface area contributed by atoms with Crippen LogP contribution in [0.15, 0.2) is 33.6 Å². The monoisotopic (exact) mass is 307 g/mol. The molecule has 0 fully saturated rings. The summed E-state index contributed by atoms with van der Waals surface area (Å²) in [4.78, 5) is 21.4. The Morgan fingerprint density at radius 1 is 1.22 bits per heavy atom. The summed E-state index contributed by atoms with van der Waals surface area (Å²) in [5.41, 5.74) is 9.27. The van der Waals surface area contributed by atoms with Crippen molar-refractivity contribution in [2.75, 3.05) is 5.73 Å². The normalized spacial score (nSPS) is 15.1. The minimum absolute atomic E-state index is 0.0862. The van der Waals surface area contributed by atoms with Crippen molar-refractivity contribution < 1.29 is 4.42 Å². The Hall–Kier alpha value is -2.69. The molecule has 3 aromatic heterocycles. The van der Waals surface area contributed by atoms with Gasteiger partial charge in [-0.25, -0.2) is 0 Å². The third kappa shape index (κ3) is 2.29. The Balaban J connectivity index is 1.99. The van der Waals surface area contributed by atoms with E-state index in [2.05, 4.69) is 16.0 Å². The third-order valence-electron chi connectivity index (χ3n) is 4.40. The summed E-state index contributed by atoms with van der Waals surface area (Å²) in [6.45, 7) is 1.83. The van der Waals surface area contributed by atoms with Crippen molar-refractivity contribution in [3.05, 3.63) is 45.9 Å². The molecule has 23 heavy (non-hydrogen) atoms. The molecule has 1 aliphatic rings. The molecule has 1 aliphatic carbocycles.